The first-order chi connectivity index (χ1) is 4.20. The molecular formula is C5H2ClFIN. The number of pyridine rings is 1. The van der Waals surface area contributed by atoms with Crippen LogP contribution in [0.25, 0.3) is 0 Å². The minimum absolute atomic E-state index is 0.188. The third-order valence-electron chi connectivity index (χ3n) is 0.775. The summed E-state index contributed by atoms with van der Waals surface area (Å²) in [6.07, 6.45) is 1.39. The van der Waals surface area contributed by atoms with Gasteiger partial charge in [0.15, 0.2) is 0 Å². The highest BCUT2D eigenvalue weighted by molar-refractivity contribution is 14.1. The van der Waals surface area contributed by atoms with E-state index in [4.69, 9.17) is 11.6 Å². The van der Waals surface area contributed by atoms with Crippen molar-refractivity contribution in [3.8, 4) is 0 Å². The van der Waals surface area contributed by atoms with Crippen molar-refractivity contribution in [3.63, 3.8) is 0 Å². The first-order valence-corrected chi connectivity index (χ1v) is 3.62. The minimum Gasteiger partial charge on any atom is -0.243 e. The molecule has 0 amide bonds. The lowest BCUT2D eigenvalue weighted by Gasteiger charge is -1.90. The average Bonchev–Trinajstić information content (AvgIpc) is 1.80. The molecule has 0 aromatic carbocycles. The van der Waals surface area contributed by atoms with Gasteiger partial charge < -0.3 is 0 Å². The van der Waals surface area contributed by atoms with Gasteiger partial charge in [-0.2, -0.15) is 0 Å². The average molecular weight is 257 g/mol. The normalized spacial score (nSPS) is 9.67. The van der Waals surface area contributed by atoms with Gasteiger partial charge in [-0.05, 0) is 22.6 Å². The Bertz CT molecular complexity index is 228. The minimum atomic E-state index is -0.324. The number of aromatic nitrogens is 1. The molecule has 1 aromatic rings. The fraction of sp³-hybridized carbons (Fsp3) is 0. The number of nitrogens with zero attached hydrogens (tertiary/aromatic N) is 1. The van der Waals surface area contributed by atoms with Crippen molar-refractivity contribution in [2.24, 2.45) is 0 Å². The zero-order valence-corrected chi connectivity index (χ0v) is 7.15. The van der Waals surface area contributed by atoms with E-state index in [2.05, 4.69) is 4.98 Å². The molecule has 1 aromatic heterocycles. The highest BCUT2D eigenvalue weighted by Gasteiger charge is 1.97. The van der Waals surface area contributed by atoms with Crippen LogP contribution in [-0.2, 0) is 0 Å². The predicted molar refractivity (Wildman–Crippen MR) is 41.9 cm³/mol. The van der Waals surface area contributed by atoms with Gasteiger partial charge in [0.25, 0.3) is 0 Å². The Kier molecular flexibility index (Phi) is 2.23. The van der Waals surface area contributed by atoms with Crippen molar-refractivity contribution in [1.29, 1.82) is 0 Å². The maximum absolute atomic E-state index is 12.4. The van der Waals surface area contributed by atoms with Crippen molar-refractivity contribution in [2.75, 3.05) is 0 Å². The molecule has 0 atom stereocenters. The van der Waals surface area contributed by atoms with Crippen LogP contribution in [0.1, 0.15) is 0 Å². The van der Waals surface area contributed by atoms with Gasteiger partial charge in [0, 0.05) is 12.3 Å². The van der Waals surface area contributed by atoms with Crippen LogP contribution in [0.15, 0.2) is 12.3 Å². The number of hydrogen-bond donors (Lipinski definition) is 0. The van der Waals surface area contributed by atoms with Crippen LogP contribution in [0.5, 0.6) is 0 Å². The Morgan fingerprint density at radius 1 is 1.67 bits per heavy atom. The van der Waals surface area contributed by atoms with E-state index in [1.54, 1.807) is 0 Å². The van der Waals surface area contributed by atoms with E-state index < -0.39 is 0 Å². The van der Waals surface area contributed by atoms with E-state index in [1.165, 1.54) is 12.3 Å². The van der Waals surface area contributed by atoms with Gasteiger partial charge in [0.2, 0.25) is 0 Å². The molecule has 0 unspecified atom stereocenters. The summed E-state index contributed by atoms with van der Waals surface area (Å²) in [5.74, 6) is -0.324. The van der Waals surface area contributed by atoms with Crippen molar-refractivity contribution < 1.29 is 4.39 Å². The molecule has 0 saturated heterocycles. The second-order valence-electron chi connectivity index (χ2n) is 1.42. The summed E-state index contributed by atoms with van der Waals surface area (Å²) in [5.41, 5.74) is 0. The van der Waals surface area contributed by atoms with Gasteiger partial charge in [0.05, 0.1) is 3.57 Å². The molecule has 0 aliphatic rings. The number of halogens is 3. The lowest BCUT2D eigenvalue weighted by molar-refractivity contribution is 0.618. The molecule has 4 heteroatoms. The summed E-state index contributed by atoms with van der Waals surface area (Å²) in [6, 6.07) is 1.18. The molecule has 1 nitrogen and oxygen atoms in total. The van der Waals surface area contributed by atoms with Gasteiger partial charge >= 0.3 is 0 Å². The number of hydrogen-bond acceptors (Lipinski definition) is 1. The van der Waals surface area contributed by atoms with Crippen molar-refractivity contribution >= 4 is 34.2 Å². The van der Waals surface area contributed by atoms with E-state index in [1.807, 2.05) is 22.6 Å². The summed E-state index contributed by atoms with van der Waals surface area (Å²) < 4.78 is 12.9. The first kappa shape index (κ1) is 7.21. The Labute approximate surface area is 70.4 Å². The van der Waals surface area contributed by atoms with Crippen molar-refractivity contribution in [1.82, 2.24) is 4.98 Å². The monoisotopic (exact) mass is 257 g/mol. The maximum atomic E-state index is 12.4. The Morgan fingerprint density at radius 3 is 2.78 bits per heavy atom. The standard InChI is InChI=1S/C5H2ClFIN/c6-5-1-3(7)4(8)2-9-5/h1-2H. The van der Waals surface area contributed by atoms with Gasteiger partial charge in [0.1, 0.15) is 11.0 Å². The molecule has 0 bridgehead atoms. The van der Waals surface area contributed by atoms with E-state index in [9.17, 15) is 4.39 Å². The summed E-state index contributed by atoms with van der Waals surface area (Å²) >= 11 is 7.21. The summed E-state index contributed by atoms with van der Waals surface area (Å²) in [7, 11) is 0. The van der Waals surface area contributed by atoms with E-state index in [0.29, 0.717) is 3.57 Å². The molecule has 0 radical (unpaired) electrons. The Morgan fingerprint density at radius 2 is 2.33 bits per heavy atom. The molecular weight excluding hydrogens is 255 g/mol. The van der Waals surface area contributed by atoms with Gasteiger partial charge in [-0.3, -0.25) is 0 Å². The van der Waals surface area contributed by atoms with Gasteiger partial charge in [-0.25, -0.2) is 9.37 Å². The summed E-state index contributed by atoms with van der Waals surface area (Å²) in [5, 5.41) is 0.188. The highest BCUT2D eigenvalue weighted by Crippen LogP contribution is 2.12. The lowest BCUT2D eigenvalue weighted by Crippen LogP contribution is -1.82. The molecule has 1 rings (SSSR count). The first-order valence-electron chi connectivity index (χ1n) is 2.16. The lowest BCUT2D eigenvalue weighted by atomic mass is 10.5. The van der Waals surface area contributed by atoms with E-state index in [-0.39, 0.29) is 11.0 Å². The molecule has 9 heavy (non-hydrogen) atoms. The van der Waals surface area contributed by atoms with Crippen LogP contribution in [0.3, 0.4) is 0 Å². The van der Waals surface area contributed by atoms with Crippen LogP contribution in [0.2, 0.25) is 5.15 Å². The highest BCUT2D eigenvalue weighted by atomic mass is 127. The van der Waals surface area contributed by atoms with Crippen LogP contribution >= 0.6 is 34.2 Å². The molecule has 0 N–H and O–H groups in total. The quantitative estimate of drug-likeness (QED) is 0.514. The van der Waals surface area contributed by atoms with Crippen LogP contribution < -0.4 is 0 Å². The SMILES string of the molecule is Fc1cc(Cl)ncc1I. The fourth-order valence-electron chi connectivity index (χ4n) is 0.391. The molecule has 48 valence electrons. The molecule has 0 aliphatic heterocycles. The van der Waals surface area contributed by atoms with Gasteiger partial charge in [-0.15, -0.1) is 0 Å². The zero-order valence-electron chi connectivity index (χ0n) is 4.24. The Hall–Kier alpha value is 0.100. The molecule has 1 heterocycles. The molecule has 0 fully saturated rings. The maximum Gasteiger partial charge on any atom is 0.141 e. The van der Waals surface area contributed by atoms with Crippen LogP contribution in [0.4, 0.5) is 4.39 Å². The van der Waals surface area contributed by atoms with Crippen molar-refractivity contribution in [3.05, 3.63) is 26.8 Å². The van der Waals surface area contributed by atoms with Crippen molar-refractivity contribution in [2.45, 2.75) is 0 Å². The smallest absolute Gasteiger partial charge is 0.141 e. The number of rotatable bonds is 0. The Balaban J connectivity index is 3.17. The third kappa shape index (κ3) is 1.76. The third-order valence-corrected chi connectivity index (χ3v) is 1.78. The largest absolute Gasteiger partial charge is 0.243 e. The molecule has 0 aliphatic carbocycles. The second-order valence-corrected chi connectivity index (χ2v) is 2.97. The molecule has 0 saturated carbocycles. The zero-order chi connectivity index (χ0) is 6.85. The predicted octanol–water partition coefficient (Wildman–Crippen LogP) is 2.48. The second kappa shape index (κ2) is 2.79. The fourth-order valence-corrected chi connectivity index (χ4v) is 0.830. The summed E-state index contributed by atoms with van der Waals surface area (Å²) in [4.78, 5) is 3.66. The van der Waals surface area contributed by atoms with E-state index in [0.717, 1.165) is 0 Å². The molecule has 0 spiro atoms. The summed E-state index contributed by atoms with van der Waals surface area (Å²) in [6.45, 7) is 0. The van der Waals surface area contributed by atoms with Crippen LogP contribution in [0, 0.1) is 9.39 Å². The van der Waals surface area contributed by atoms with E-state index >= 15 is 0 Å². The topological polar surface area (TPSA) is 12.9 Å². The van der Waals surface area contributed by atoms with Gasteiger partial charge in [-0.1, -0.05) is 11.6 Å². The van der Waals surface area contributed by atoms with Crippen LogP contribution in [-0.4, -0.2) is 4.98 Å².